The van der Waals surface area contributed by atoms with E-state index in [-0.39, 0.29) is 40.1 Å². The number of phenols is 4. The highest BCUT2D eigenvalue weighted by Crippen LogP contribution is 2.52. The van der Waals surface area contributed by atoms with Crippen molar-refractivity contribution < 1.29 is 39.8 Å². The van der Waals surface area contributed by atoms with E-state index in [4.69, 9.17) is 4.74 Å². The molecule has 0 aliphatic carbocycles. The normalized spacial score (nSPS) is 21.2. The lowest BCUT2D eigenvalue weighted by atomic mass is 9.93. The number of aliphatic hydroxyl groups is 1. The number of aliphatic hydroxyl groups excluding tert-OH is 1. The summed E-state index contributed by atoms with van der Waals surface area (Å²) in [4.78, 5) is 11.5. The minimum absolute atomic E-state index is 0.0778. The molecule has 2 aromatic rings. The van der Waals surface area contributed by atoms with Gasteiger partial charge in [0.1, 0.15) is 23.4 Å². The van der Waals surface area contributed by atoms with Crippen molar-refractivity contribution >= 4 is 17.7 Å². The van der Waals surface area contributed by atoms with E-state index in [0.717, 1.165) is 17.8 Å². The first-order chi connectivity index (χ1) is 12.8. The highest BCUT2D eigenvalue weighted by atomic mass is 32.2. The summed E-state index contributed by atoms with van der Waals surface area (Å²) in [7, 11) is 1.24. The Kier molecular flexibility index (Phi) is 5.24. The molecular weight excluding hydrogens is 376 g/mol. The van der Waals surface area contributed by atoms with Crippen molar-refractivity contribution in [3.05, 3.63) is 41.5 Å². The smallest absolute Gasteiger partial charge is 0.315 e. The molecule has 1 unspecified atom stereocenters. The predicted octanol–water partition coefficient (Wildman–Crippen LogP) is 1.95. The number of hydrogen-bond donors (Lipinski definition) is 5. The van der Waals surface area contributed by atoms with Crippen molar-refractivity contribution in [1.29, 1.82) is 0 Å². The average Bonchev–Trinajstić information content (AvgIpc) is 2.62. The molecule has 0 saturated carbocycles. The Balaban J connectivity index is 2.03. The van der Waals surface area contributed by atoms with Crippen molar-refractivity contribution in [2.45, 2.75) is 17.5 Å². The van der Waals surface area contributed by atoms with E-state index >= 15 is 0 Å². The highest BCUT2D eigenvalue weighted by Gasteiger charge is 2.41. The van der Waals surface area contributed by atoms with Gasteiger partial charge in [0, 0.05) is 12.1 Å². The topological polar surface area (TPSA) is 137 Å². The average molecular weight is 394 g/mol. The Hall–Kier alpha value is -2.78. The maximum atomic E-state index is 11.5. The molecule has 0 bridgehead atoms. The summed E-state index contributed by atoms with van der Waals surface area (Å²) in [6.07, 6.45) is -2.17. The number of carbonyl (C=O) groups is 1. The summed E-state index contributed by atoms with van der Waals surface area (Å²) in [6.45, 7) is 0. The van der Waals surface area contributed by atoms with Gasteiger partial charge in [-0.1, -0.05) is 6.07 Å². The Morgan fingerprint density at radius 2 is 1.85 bits per heavy atom. The van der Waals surface area contributed by atoms with Gasteiger partial charge in [-0.2, -0.15) is 0 Å². The molecule has 0 aromatic heterocycles. The minimum Gasteiger partial charge on any atom is -0.508 e. The van der Waals surface area contributed by atoms with Crippen LogP contribution in [0, 0.1) is 0 Å². The molecule has 1 heterocycles. The summed E-state index contributed by atoms with van der Waals surface area (Å²) in [5.74, 6) is -1.66. The van der Waals surface area contributed by atoms with Crippen LogP contribution >= 0.6 is 11.8 Å². The molecule has 1 aliphatic heterocycles. The van der Waals surface area contributed by atoms with Crippen LogP contribution in [0.25, 0.3) is 0 Å². The van der Waals surface area contributed by atoms with Gasteiger partial charge in [-0.3, -0.25) is 4.79 Å². The number of methoxy groups -OCH3 is 1. The zero-order valence-corrected chi connectivity index (χ0v) is 15.0. The second-order valence-electron chi connectivity index (χ2n) is 5.96. The third-order valence-corrected chi connectivity index (χ3v) is 5.48. The van der Waals surface area contributed by atoms with Gasteiger partial charge in [0.2, 0.25) is 0 Å². The first-order valence-corrected chi connectivity index (χ1v) is 8.97. The summed E-state index contributed by atoms with van der Waals surface area (Å²) < 4.78 is 10.4. The summed E-state index contributed by atoms with van der Waals surface area (Å²) in [5.41, 5.74) is 0.614. The Morgan fingerprint density at radius 3 is 2.52 bits per heavy atom. The second-order valence-corrected chi connectivity index (χ2v) is 7.09. The fourth-order valence-electron chi connectivity index (χ4n) is 2.90. The number of ether oxygens (including phenoxy) is 2. The fraction of sp³-hybridized carbons (Fsp3) is 0.278. The molecule has 0 radical (unpaired) electrons. The first kappa shape index (κ1) is 19.0. The lowest BCUT2D eigenvalue weighted by Crippen LogP contribution is -2.33. The van der Waals surface area contributed by atoms with Crippen LogP contribution in [-0.2, 0) is 9.53 Å². The number of phenolic OH excluding ortho intramolecular Hbond substituents is 4. The monoisotopic (exact) mass is 394 g/mol. The Morgan fingerprint density at radius 1 is 1.11 bits per heavy atom. The van der Waals surface area contributed by atoms with E-state index < -0.39 is 23.4 Å². The molecule has 5 N–H and O–H groups in total. The predicted molar refractivity (Wildman–Crippen MR) is 96.1 cm³/mol. The van der Waals surface area contributed by atoms with Crippen LogP contribution in [0.15, 0.2) is 30.3 Å². The quantitative estimate of drug-likeness (QED) is 0.389. The maximum absolute atomic E-state index is 11.5. The number of aromatic hydroxyl groups is 4. The third kappa shape index (κ3) is 3.69. The van der Waals surface area contributed by atoms with E-state index in [1.54, 1.807) is 0 Å². The first-order valence-electron chi connectivity index (χ1n) is 7.92. The highest BCUT2D eigenvalue weighted by molar-refractivity contribution is 8.00. The van der Waals surface area contributed by atoms with Crippen LogP contribution in [0.4, 0.5) is 0 Å². The van der Waals surface area contributed by atoms with E-state index in [0.29, 0.717) is 5.56 Å². The van der Waals surface area contributed by atoms with Crippen LogP contribution in [0.2, 0.25) is 0 Å². The van der Waals surface area contributed by atoms with Gasteiger partial charge < -0.3 is 35.0 Å². The standard InChI is InChI=1S/C18H18O8S/c1-25-14(23)7-27-18-15-12(22)5-9(19)6-13(15)26-17(16(18)24)8-2-3-10(20)11(21)4-8/h2-6,16-22,24H,7H2,1H3/t16-,17+,18?/m0/s1. The van der Waals surface area contributed by atoms with Crippen LogP contribution < -0.4 is 4.74 Å². The third-order valence-electron chi connectivity index (χ3n) is 4.20. The molecule has 3 atom stereocenters. The molecule has 27 heavy (non-hydrogen) atoms. The molecule has 1 aliphatic rings. The summed E-state index contributed by atoms with van der Waals surface area (Å²) in [5, 5.41) is 49.3. The van der Waals surface area contributed by atoms with Gasteiger partial charge >= 0.3 is 5.97 Å². The number of thioether (sulfide) groups is 1. The number of carbonyl (C=O) groups excluding carboxylic acids is 1. The molecule has 0 saturated heterocycles. The minimum atomic E-state index is -1.20. The lowest BCUT2D eigenvalue weighted by molar-refractivity contribution is -0.137. The summed E-state index contributed by atoms with van der Waals surface area (Å²) >= 11 is 1.05. The molecule has 0 amide bonds. The molecule has 3 rings (SSSR count). The van der Waals surface area contributed by atoms with Crippen LogP contribution in [0.5, 0.6) is 28.7 Å². The van der Waals surface area contributed by atoms with E-state index in [1.165, 1.54) is 31.4 Å². The summed E-state index contributed by atoms with van der Waals surface area (Å²) in [6, 6.07) is 6.39. The molecule has 0 spiro atoms. The number of fused-ring (bicyclic) bond motifs is 1. The maximum Gasteiger partial charge on any atom is 0.315 e. The molecule has 144 valence electrons. The SMILES string of the molecule is COC(=O)CSC1c2c(O)cc(O)cc2O[C@H](c2ccc(O)c(O)c2)[C@@H]1O. The lowest BCUT2D eigenvalue weighted by Gasteiger charge is -2.37. The molecule has 0 fully saturated rings. The van der Waals surface area contributed by atoms with Crippen molar-refractivity contribution in [2.24, 2.45) is 0 Å². The number of esters is 1. The van der Waals surface area contributed by atoms with Crippen LogP contribution in [0.1, 0.15) is 22.5 Å². The zero-order chi connectivity index (χ0) is 19.7. The van der Waals surface area contributed by atoms with Crippen molar-refractivity contribution in [1.82, 2.24) is 0 Å². The van der Waals surface area contributed by atoms with Gasteiger partial charge in [0.05, 0.1) is 23.7 Å². The number of hydrogen-bond acceptors (Lipinski definition) is 9. The Bertz CT molecular complexity index is 869. The van der Waals surface area contributed by atoms with Crippen molar-refractivity contribution in [3.63, 3.8) is 0 Å². The van der Waals surface area contributed by atoms with Crippen molar-refractivity contribution in [2.75, 3.05) is 12.9 Å². The molecule has 2 aromatic carbocycles. The van der Waals surface area contributed by atoms with Gasteiger partial charge in [0.25, 0.3) is 0 Å². The van der Waals surface area contributed by atoms with Crippen LogP contribution in [0.3, 0.4) is 0 Å². The van der Waals surface area contributed by atoms with E-state index in [2.05, 4.69) is 4.74 Å². The molecule has 8 nitrogen and oxygen atoms in total. The van der Waals surface area contributed by atoms with Gasteiger partial charge in [0.15, 0.2) is 17.6 Å². The Labute approximate surface area is 158 Å². The number of benzene rings is 2. The van der Waals surface area contributed by atoms with E-state index in [9.17, 15) is 30.3 Å². The van der Waals surface area contributed by atoms with Crippen molar-refractivity contribution in [3.8, 4) is 28.7 Å². The fourth-order valence-corrected chi connectivity index (χ4v) is 4.08. The van der Waals surface area contributed by atoms with Crippen LogP contribution in [-0.4, -0.2) is 50.5 Å². The zero-order valence-electron chi connectivity index (χ0n) is 14.2. The molecular formula is C18H18O8S. The largest absolute Gasteiger partial charge is 0.508 e. The molecule has 9 heteroatoms. The van der Waals surface area contributed by atoms with Gasteiger partial charge in [-0.15, -0.1) is 11.8 Å². The van der Waals surface area contributed by atoms with Gasteiger partial charge in [-0.05, 0) is 17.7 Å². The van der Waals surface area contributed by atoms with Gasteiger partial charge in [-0.25, -0.2) is 0 Å². The number of rotatable bonds is 4. The van der Waals surface area contributed by atoms with E-state index in [1.807, 2.05) is 0 Å². The second kappa shape index (κ2) is 7.45.